The maximum atomic E-state index is 12.0. The Balaban J connectivity index is 2.30. The number of allylic oxidation sites excluding steroid dienone is 2. The van der Waals surface area contributed by atoms with Crippen LogP contribution >= 0.6 is 0 Å². The maximum Gasteiger partial charge on any atom is 0.354 e. The summed E-state index contributed by atoms with van der Waals surface area (Å²) in [5.41, 5.74) is 0.398. The first-order chi connectivity index (χ1) is 15.2. The Labute approximate surface area is 186 Å². The lowest BCUT2D eigenvalue weighted by atomic mass is 9.97. The summed E-state index contributed by atoms with van der Waals surface area (Å²) in [5.74, 6) is -2.98. The summed E-state index contributed by atoms with van der Waals surface area (Å²) in [6.07, 6.45) is 5.25. The first kappa shape index (κ1) is 24.7. The minimum absolute atomic E-state index is 0.0224. The van der Waals surface area contributed by atoms with Gasteiger partial charge in [-0.2, -0.15) is 0 Å². The molecule has 0 heterocycles. The van der Waals surface area contributed by atoms with Crippen LogP contribution in [-0.4, -0.2) is 50.6 Å². The van der Waals surface area contributed by atoms with Crippen molar-refractivity contribution in [3.8, 4) is 11.5 Å². The highest BCUT2D eigenvalue weighted by Gasteiger charge is 2.45. The van der Waals surface area contributed by atoms with Gasteiger partial charge in [0.25, 0.3) is 5.79 Å². The van der Waals surface area contributed by atoms with E-state index in [2.05, 4.69) is 4.74 Å². The third-order valence-electron chi connectivity index (χ3n) is 4.29. The van der Waals surface area contributed by atoms with Gasteiger partial charge in [-0.15, -0.1) is 0 Å². The Morgan fingerprint density at radius 3 is 2.34 bits per heavy atom. The molecule has 32 heavy (non-hydrogen) atoms. The lowest BCUT2D eigenvalue weighted by Gasteiger charge is -2.36. The molecule has 0 spiro atoms. The SMILES string of the molecule is COc1ccccc1OCC=C1C=CC=C(OC(C)C(=O)OC(C)=O)C1(OC)OC(C)=O. The van der Waals surface area contributed by atoms with Crippen molar-refractivity contribution < 1.29 is 42.8 Å². The van der Waals surface area contributed by atoms with Gasteiger partial charge in [0.15, 0.2) is 23.4 Å². The van der Waals surface area contributed by atoms with Gasteiger partial charge >= 0.3 is 17.9 Å². The molecule has 1 aliphatic carbocycles. The lowest BCUT2D eigenvalue weighted by molar-refractivity contribution is -0.204. The molecule has 172 valence electrons. The van der Waals surface area contributed by atoms with Gasteiger partial charge in [0.2, 0.25) is 0 Å². The molecule has 0 radical (unpaired) electrons. The Morgan fingerprint density at radius 2 is 1.75 bits per heavy atom. The minimum Gasteiger partial charge on any atom is -0.493 e. The van der Waals surface area contributed by atoms with Crippen LogP contribution < -0.4 is 9.47 Å². The molecule has 9 heteroatoms. The molecule has 1 aliphatic rings. The summed E-state index contributed by atoms with van der Waals surface area (Å²) in [7, 11) is 2.86. The van der Waals surface area contributed by atoms with E-state index in [0.717, 1.165) is 6.92 Å². The van der Waals surface area contributed by atoms with Crippen LogP contribution in [0.15, 0.2) is 59.9 Å². The smallest absolute Gasteiger partial charge is 0.354 e. The van der Waals surface area contributed by atoms with Crippen molar-refractivity contribution in [3.05, 3.63) is 59.9 Å². The van der Waals surface area contributed by atoms with E-state index in [-0.39, 0.29) is 12.4 Å². The zero-order valence-electron chi connectivity index (χ0n) is 18.6. The first-order valence-electron chi connectivity index (χ1n) is 9.72. The molecule has 0 saturated carbocycles. The predicted octanol–water partition coefficient (Wildman–Crippen LogP) is 2.85. The standard InChI is InChI=1S/C23H26O9/c1-15(22(26)31-16(2)24)30-21-12-8-9-18(23(21,28-5)32-17(3)25)13-14-29-20-11-7-6-10-19(20)27-4/h6-13,15H,14H2,1-5H3. The second-order valence-corrected chi connectivity index (χ2v) is 6.60. The van der Waals surface area contributed by atoms with E-state index in [1.807, 2.05) is 6.07 Å². The van der Waals surface area contributed by atoms with E-state index >= 15 is 0 Å². The Kier molecular flexibility index (Phi) is 8.60. The monoisotopic (exact) mass is 446 g/mol. The number of rotatable bonds is 9. The van der Waals surface area contributed by atoms with Gasteiger partial charge in [-0.05, 0) is 31.2 Å². The van der Waals surface area contributed by atoms with Crippen LogP contribution in [0.2, 0.25) is 0 Å². The van der Waals surface area contributed by atoms with Crippen LogP contribution in [0.3, 0.4) is 0 Å². The van der Waals surface area contributed by atoms with Gasteiger partial charge in [-0.25, -0.2) is 4.79 Å². The molecule has 0 saturated heterocycles. The summed E-state index contributed by atoms with van der Waals surface area (Å²) in [6, 6.07) is 7.13. The molecule has 0 aliphatic heterocycles. The van der Waals surface area contributed by atoms with E-state index < -0.39 is 29.8 Å². The van der Waals surface area contributed by atoms with Crippen molar-refractivity contribution >= 4 is 17.9 Å². The molecule has 9 nitrogen and oxygen atoms in total. The topological polar surface area (TPSA) is 107 Å². The number of carbonyl (C=O) groups excluding carboxylic acids is 3. The van der Waals surface area contributed by atoms with Crippen molar-refractivity contribution in [2.24, 2.45) is 0 Å². The van der Waals surface area contributed by atoms with Crippen molar-refractivity contribution in [2.75, 3.05) is 20.8 Å². The highest BCUT2D eigenvalue weighted by atomic mass is 16.7. The van der Waals surface area contributed by atoms with Crippen molar-refractivity contribution in [2.45, 2.75) is 32.7 Å². The van der Waals surface area contributed by atoms with Crippen LogP contribution in [0.25, 0.3) is 0 Å². The summed E-state index contributed by atoms with van der Waals surface area (Å²) < 4.78 is 32.3. The molecular weight excluding hydrogens is 420 g/mol. The predicted molar refractivity (Wildman–Crippen MR) is 113 cm³/mol. The zero-order chi connectivity index (χ0) is 23.7. The molecule has 0 aromatic heterocycles. The molecule has 1 aromatic rings. The van der Waals surface area contributed by atoms with Gasteiger partial charge < -0.3 is 28.4 Å². The third kappa shape index (κ3) is 5.98. The number of hydrogen-bond acceptors (Lipinski definition) is 9. The number of carbonyl (C=O) groups is 3. The van der Waals surface area contributed by atoms with Gasteiger partial charge in [0.1, 0.15) is 6.61 Å². The lowest BCUT2D eigenvalue weighted by Crippen LogP contribution is -2.44. The van der Waals surface area contributed by atoms with E-state index in [0.29, 0.717) is 17.1 Å². The fourth-order valence-electron chi connectivity index (χ4n) is 2.91. The number of esters is 3. The average Bonchev–Trinajstić information content (AvgIpc) is 2.75. The molecule has 1 aromatic carbocycles. The largest absolute Gasteiger partial charge is 0.493 e. The molecule has 2 rings (SSSR count). The van der Waals surface area contributed by atoms with Gasteiger partial charge in [-0.3, -0.25) is 9.59 Å². The summed E-state index contributed by atoms with van der Waals surface area (Å²) in [4.78, 5) is 35.0. The van der Waals surface area contributed by atoms with Crippen molar-refractivity contribution in [1.82, 2.24) is 0 Å². The normalized spacial score (nSPS) is 19.5. The van der Waals surface area contributed by atoms with Crippen LogP contribution in [0, 0.1) is 0 Å². The molecule has 0 fully saturated rings. The fourth-order valence-corrected chi connectivity index (χ4v) is 2.91. The summed E-state index contributed by atoms with van der Waals surface area (Å²) in [5, 5.41) is 0. The van der Waals surface area contributed by atoms with Crippen molar-refractivity contribution in [3.63, 3.8) is 0 Å². The van der Waals surface area contributed by atoms with E-state index in [9.17, 15) is 14.4 Å². The average molecular weight is 446 g/mol. The van der Waals surface area contributed by atoms with Gasteiger partial charge in [0.05, 0.1) is 7.11 Å². The van der Waals surface area contributed by atoms with Gasteiger partial charge in [-0.1, -0.05) is 24.3 Å². The molecule has 0 N–H and O–H groups in total. The molecule has 2 unspecified atom stereocenters. The second-order valence-electron chi connectivity index (χ2n) is 6.60. The first-order valence-corrected chi connectivity index (χ1v) is 9.72. The Morgan fingerprint density at radius 1 is 1.06 bits per heavy atom. The molecular formula is C23H26O9. The fraction of sp³-hybridized carbons (Fsp3) is 0.348. The maximum absolute atomic E-state index is 12.0. The number of methoxy groups -OCH3 is 2. The third-order valence-corrected chi connectivity index (χ3v) is 4.29. The Hall–Kier alpha value is -3.59. The van der Waals surface area contributed by atoms with E-state index in [4.69, 9.17) is 23.7 Å². The summed E-state index contributed by atoms with van der Waals surface area (Å²) >= 11 is 0. The van der Waals surface area contributed by atoms with Gasteiger partial charge in [0, 0.05) is 26.5 Å². The van der Waals surface area contributed by atoms with E-state index in [1.54, 1.807) is 36.4 Å². The molecule has 0 amide bonds. The number of hydrogen-bond donors (Lipinski definition) is 0. The number of ether oxygens (including phenoxy) is 6. The van der Waals surface area contributed by atoms with Crippen LogP contribution in [-0.2, 0) is 33.3 Å². The summed E-state index contributed by atoms with van der Waals surface area (Å²) in [6.45, 7) is 3.80. The quantitative estimate of drug-likeness (QED) is 0.321. The van der Waals surface area contributed by atoms with Crippen molar-refractivity contribution in [1.29, 1.82) is 0 Å². The number of benzene rings is 1. The zero-order valence-corrected chi connectivity index (χ0v) is 18.6. The van der Waals surface area contributed by atoms with E-state index in [1.165, 1.54) is 34.1 Å². The minimum atomic E-state index is -1.77. The van der Waals surface area contributed by atoms with Crippen LogP contribution in [0.1, 0.15) is 20.8 Å². The van der Waals surface area contributed by atoms with Crippen LogP contribution in [0.4, 0.5) is 0 Å². The molecule has 2 atom stereocenters. The second kappa shape index (κ2) is 11.1. The molecule has 0 bridgehead atoms. The van der Waals surface area contributed by atoms with Crippen LogP contribution in [0.5, 0.6) is 11.5 Å². The Bertz CT molecular complexity index is 945. The number of para-hydroxylation sites is 2. The highest BCUT2D eigenvalue weighted by Crippen LogP contribution is 2.37. The highest BCUT2D eigenvalue weighted by molar-refractivity contribution is 5.86.